The van der Waals surface area contributed by atoms with Gasteiger partial charge in [-0.3, -0.25) is 9.78 Å². The molecule has 1 aromatic heterocycles. The summed E-state index contributed by atoms with van der Waals surface area (Å²) in [4.78, 5) is 17.6. The molecule has 21 heavy (non-hydrogen) atoms. The van der Waals surface area contributed by atoms with Crippen LogP contribution in [0.15, 0.2) is 42.6 Å². The molecule has 106 valence electrons. The molecule has 0 aliphatic rings. The van der Waals surface area contributed by atoms with Crippen molar-refractivity contribution in [2.24, 2.45) is 0 Å². The van der Waals surface area contributed by atoms with Crippen molar-refractivity contribution in [1.29, 1.82) is 5.26 Å². The highest BCUT2D eigenvalue weighted by atomic mass is 35.5. The monoisotopic (exact) mass is 303 g/mol. The summed E-state index contributed by atoms with van der Waals surface area (Å²) >= 11 is 5.84. The average Bonchev–Trinajstić information content (AvgIpc) is 2.49. The smallest absolute Gasteiger partial charge is 0.277 e. The molecule has 4 nitrogen and oxygen atoms in total. The Hall–Kier alpha value is -2.45. The van der Waals surface area contributed by atoms with Gasteiger partial charge in [0.2, 0.25) is 0 Å². The Kier molecular flexibility index (Phi) is 4.85. The van der Waals surface area contributed by atoms with Crippen LogP contribution in [0.5, 0.6) is 0 Å². The van der Waals surface area contributed by atoms with E-state index in [1.807, 2.05) is 6.07 Å². The maximum atomic E-state index is 13.9. The molecule has 1 aromatic carbocycles. The molecule has 0 bridgehead atoms. The minimum Gasteiger partial charge on any atom is -0.303 e. The molecule has 2 aromatic rings. The summed E-state index contributed by atoms with van der Waals surface area (Å²) < 4.78 is 13.9. The number of benzene rings is 1. The number of pyridine rings is 1. The highest BCUT2D eigenvalue weighted by Gasteiger charge is 2.21. The number of hydrogen-bond donors (Lipinski definition) is 0. The third kappa shape index (κ3) is 3.56. The molecule has 1 heterocycles. The van der Waals surface area contributed by atoms with Crippen LogP contribution in [-0.4, -0.2) is 17.4 Å². The van der Waals surface area contributed by atoms with Gasteiger partial charge < -0.3 is 4.90 Å². The van der Waals surface area contributed by atoms with Crippen LogP contribution >= 0.6 is 11.6 Å². The van der Waals surface area contributed by atoms with E-state index in [2.05, 4.69) is 4.98 Å². The van der Waals surface area contributed by atoms with E-state index >= 15 is 0 Å². The van der Waals surface area contributed by atoms with E-state index in [-0.39, 0.29) is 24.3 Å². The second-order valence-corrected chi connectivity index (χ2v) is 4.61. The minimum absolute atomic E-state index is 0.0739. The molecule has 1 amide bonds. The summed E-state index contributed by atoms with van der Waals surface area (Å²) in [5, 5.41) is 9.07. The number of carbonyl (C=O) groups is 1. The largest absolute Gasteiger partial charge is 0.303 e. The SMILES string of the molecule is N#CCCN(C(=O)c1cc(Cl)ccn1)c1ccccc1F. The fraction of sp³-hybridized carbons (Fsp3) is 0.133. The number of carbonyl (C=O) groups excluding carboxylic acids is 1. The minimum atomic E-state index is -0.536. The fourth-order valence-electron chi connectivity index (χ4n) is 1.82. The summed E-state index contributed by atoms with van der Waals surface area (Å²) in [6.07, 6.45) is 1.49. The maximum Gasteiger partial charge on any atom is 0.277 e. The topological polar surface area (TPSA) is 57.0 Å². The summed E-state index contributed by atoms with van der Waals surface area (Å²) in [6.45, 7) is 0.0739. The molecular formula is C15H11ClFN3O. The van der Waals surface area contributed by atoms with Gasteiger partial charge in [-0.1, -0.05) is 23.7 Å². The van der Waals surface area contributed by atoms with Gasteiger partial charge in [-0.25, -0.2) is 4.39 Å². The summed E-state index contributed by atoms with van der Waals surface area (Å²) in [7, 11) is 0. The molecule has 0 N–H and O–H groups in total. The van der Waals surface area contributed by atoms with Gasteiger partial charge in [0, 0.05) is 17.8 Å². The van der Waals surface area contributed by atoms with E-state index in [1.54, 1.807) is 12.1 Å². The Balaban J connectivity index is 2.39. The predicted molar refractivity (Wildman–Crippen MR) is 77.6 cm³/mol. The van der Waals surface area contributed by atoms with Crippen LogP contribution in [0.1, 0.15) is 16.9 Å². The van der Waals surface area contributed by atoms with Crippen molar-refractivity contribution in [3.8, 4) is 6.07 Å². The first-order valence-corrected chi connectivity index (χ1v) is 6.56. The van der Waals surface area contributed by atoms with Crippen molar-refractivity contribution in [1.82, 2.24) is 4.98 Å². The highest BCUT2D eigenvalue weighted by molar-refractivity contribution is 6.31. The molecule has 6 heteroatoms. The normalized spacial score (nSPS) is 9.95. The Bertz CT molecular complexity index is 699. The number of amides is 1. The van der Waals surface area contributed by atoms with Crippen LogP contribution in [0.4, 0.5) is 10.1 Å². The maximum absolute atomic E-state index is 13.9. The number of aromatic nitrogens is 1. The van der Waals surface area contributed by atoms with Gasteiger partial charge in [-0.15, -0.1) is 0 Å². The van der Waals surface area contributed by atoms with Crippen molar-refractivity contribution < 1.29 is 9.18 Å². The Labute approximate surface area is 126 Å². The van der Waals surface area contributed by atoms with Crippen molar-refractivity contribution in [3.63, 3.8) is 0 Å². The first-order chi connectivity index (χ1) is 10.1. The van der Waals surface area contributed by atoms with Gasteiger partial charge in [-0.2, -0.15) is 5.26 Å². The predicted octanol–water partition coefficient (Wildman–Crippen LogP) is 3.43. The van der Waals surface area contributed by atoms with E-state index in [0.29, 0.717) is 5.02 Å². The van der Waals surface area contributed by atoms with Crippen molar-refractivity contribution in [2.75, 3.05) is 11.4 Å². The molecule has 0 aliphatic heterocycles. The van der Waals surface area contributed by atoms with Gasteiger partial charge in [0.15, 0.2) is 0 Å². The van der Waals surface area contributed by atoms with E-state index in [1.165, 1.54) is 35.4 Å². The molecular weight excluding hydrogens is 293 g/mol. The zero-order chi connectivity index (χ0) is 15.2. The van der Waals surface area contributed by atoms with Crippen LogP contribution in [0.25, 0.3) is 0 Å². The van der Waals surface area contributed by atoms with Gasteiger partial charge in [-0.05, 0) is 24.3 Å². The molecule has 0 atom stereocenters. The van der Waals surface area contributed by atoms with E-state index < -0.39 is 11.7 Å². The zero-order valence-electron chi connectivity index (χ0n) is 11.0. The molecule has 0 saturated carbocycles. The number of nitriles is 1. The first kappa shape index (κ1) is 14.9. The summed E-state index contributed by atoms with van der Waals surface area (Å²) in [6, 6.07) is 10.8. The van der Waals surface area contributed by atoms with Gasteiger partial charge in [0.25, 0.3) is 5.91 Å². The first-order valence-electron chi connectivity index (χ1n) is 6.18. The second kappa shape index (κ2) is 6.82. The lowest BCUT2D eigenvalue weighted by molar-refractivity contribution is 0.0982. The lowest BCUT2D eigenvalue weighted by Gasteiger charge is -2.21. The van der Waals surface area contributed by atoms with Crippen LogP contribution in [-0.2, 0) is 0 Å². The number of anilines is 1. The van der Waals surface area contributed by atoms with Gasteiger partial charge >= 0.3 is 0 Å². The van der Waals surface area contributed by atoms with E-state index in [4.69, 9.17) is 16.9 Å². The Morgan fingerprint density at radius 3 is 2.81 bits per heavy atom. The fourth-order valence-corrected chi connectivity index (χ4v) is 1.98. The summed E-state index contributed by atoms with van der Waals surface area (Å²) in [5.74, 6) is -1.04. The van der Waals surface area contributed by atoms with Gasteiger partial charge in [0.1, 0.15) is 11.5 Å². The van der Waals surface area contributed by atoms with Crippen LogP contribution < -0.4 is 4.90 Å². The molecule has 0 unspecified atom stereocenters. The molecule has 0 spiro atoms. The third-order valence-electron chi connectivity index (χ3n) is 2.78. The summed E-state index contributed by atoms with van der Waals surface area (Å²) in [5.41, 5.74) is 0.211. The molecule has 0 radical (unpaired) electrons. The van der Waals surface area contributed by atoms with E-state index in [9.17, 15) is 9.18 Å². The Morgan fingerprint density at radius 2 is 2.14 bits per heavy atom. The average molecular weight is 304 g/mol. The number of para-hydroxylation sites is 1. The van der Waals surface area contributed by atoms with Crippen LogP contribution in [0.3, 0.4) is 0 Å². The van der Waals surface area contributed by atoms with Gasteiger partial charge in [0.05, 0.1) is 18.2 Å². The number of halogens is 2. The van der Waals surface area contributed by atoms with Crippen molar-refractivity contribution >= 4 is 23.2 Å². The molecule has 2 rings (SSSR count). The van der Waals surface area contributed by atoms with Crippen LogP contribution in [0, 0.1) is 17.1 Å². The van der Waals surface area contributed by atoms with Crippen molar-refractivity contribution in [2.45, 2.75) is 6.42 Å². The standard InChI is InChI=1S/C15H11ClFN3O/c16-11-6-8-19-13(10-11)15(21)20(9-3-7-18)14-5-2-1-4-12(14)17/h1-2,4-6,8,10H,3,9H2. The number of rotatable bonds is 4. The highest BCUT2D eigenvalue weighted by Crippen LogP contribution is 2.21. The zero-order valence-corrected chi connectivity index (χ0v) is 11.7. The second-order valence-electron chi connectivity index (χ2n) is 4.18. The Morgan fingerprint density at radius 1 is 1.38 bits per heavy atom. The van der Waals surface area contributed by atoms with Crippen LogP contribution in [0.2, 0.25) is 5.02 Å². The number of nitrogens with zero attached hydrogens (tertiary/aromatic N) is 3. The number of hydrogen-bond acceptors (Lipinski definition) is 3. The molecule has 0 saturated heterocycles. The lowest BCUT2D eigenvalue weighted by Crippen LogP contribution is -2.33. The quantitative estimate of drug-likeness (QED) is 0.869. The lowest BCUT2D eigenvalue weighted by atomic mass is 10.2. The molecule has 0 aliphatic carbocycles. The van der Waals surface area contributed by atoms with Crippen molar-refractivity contribution in [3.05, 3.63) is 59.1 Å². The molecule has 0 fully saturated rings. The third-order valence-corrected chi connectivity index (χ3v) is 3.01. The van der Waals surface area contributed by atoms with E-state index in [0.717, 1.165) is 0 Å².